The van der Waals surface area contributed by atoms with E-state index in [1.54, 1.807) is 4.68 Å². The van der Waals surface area contributed by atoms with E-state index in [1.807, 2.05) is 6.92 Å². The molecule has 0 bridgehead atoms. The first-order valence-corrected chi connectivity index (χ1v) is 5.84. The van der Waals surface area contributed by atoms with Crippen molar-refractivity contribution in [3.63, 3.8) is 0 Å². The number of nitrogens with two attached hydrogens (primary N) is 1. The van der Waals surface area contributed by atoms with Gasteiger partial charge >= 0.3 is 0 Å². The van der Waals surface area contributed by atoms with Gasteiger partial charge < -0.3 is 5.73 Å². The quantitative estimate of drug-likeness (QED) is 0.933. The van der Waals surface area contributed by atoms with Crippen LogP contribution in [0.25, 0.3) is 0 Å². The van der Waals surface area contributed by atoms with E-state index >= 15 is 0 Å². The Bertz CT molecular complexity index is 568. The molecule has 0 radical (unpaired) electrons. The molecule has 1 aromatic carbocycles. The molecule has 0 aliphatic rings. The van der Waals surface area contributed by atoms with Crippen LogP contribution in [-0.2, 0) is 6.54 Å². The molecule has 1 unspecified atom stereocenters. The molecule has 1 aromatic heterocycles. The molecule has 2 aromatic rings. The average Bonchev–Trinajstić information content (AvgIpc) is 2.73. The van der Waals surface area contributed by atoms with Crippen LogP contribution in [0.4, 0.5) is 8.78 Å². The molecule has 2 rings (SSSR count). The average molecular weight is 272 g/mol. The van der Waals surface area contributed by atoms with Gasteiger partial charge in [0.1, 0.15) is 0 Å². The van der Waals surface area contributed by atoms with Crippen LogP contribution in [0.3, 0.4) is 0 Å². The molecule has 0 spiro atoms. The van der Waals surface area contributed by atoms with Crippen LogP contribution in [-0.4, -0.2) is 9.78 Å². The summed E-state index contributed by atoms with van der Waals surface area (Å²) in [6.07, 6.45) is 1.44. The molecule has 2 N–H and O–H groups in total. The van der Waals surface area contributed by atoms with Gasteiger partial charge in [0.05, 0.1) is 23.0 Å². The zero-order valence-electron chi connectivity index (χ0n) is 9.70. The first kappa shape index (κ1) is 13.0. The van der Waals surface area contributed by atoms with E-state index in [9.17, 15) is 8.78 Å². The summed E-state index contributed by atoms with van der Waals surface area (Å²) in [6, 6.07) is 3.04. The minimum atomic E-state index is -0.954. The molecule has 0 fully saturated rings. The summed E-state index contributed by atoms with van der Waals surface area (Å²) in [4.78, 5) is 0. The second-order valence-electron chi connectivity index (χ2n) is 3.81. The highest BCUT2D eigenvalue weighted by molar-refractivity contribution is 6.31. The minimum absolute atomic E-state index is 0.0621. The molecule has 6 heteroatoms. The molecule has 3 nitrogen and oxygen atoms in total. The van der Waals surface area contributed by atoms with Crippen molar-refractivity contribution in [3.8, 4) is 0 Å². The smallest absolute Gasteiger partial charge is 0.163 e. The molecule has 1 atom stereocenters. The number of hydrogen-bond donors (Lipinski definition) is 1. The highest BCUT2D eigenvalue weighted by Gasteiger charge is 2.22. The van der Waals surface area contributed by atoms with Gasteiger partial charge in [-0.2, -0.15) is 5.10 Å². The lowest BCUT2D eigenvalue weighted by Crippen LogP contribution is -2.19. The van der Waals surface area contributed by atoms with Gasteiger partial charge in [0.2, 0.25) is 0 Å². The fraction of sp³-hybridized carbons (Fsp3) is 0.250. The summed E-state index contributed by atoms with van der Waals surface area (Å²) in [6.45, 7) is 2.41. The maximum atomic E-state index is 13.7. The Labute approximate surface area is 108 Å². The molecule has 0 aliphatic heterocycles. The van der Waals surface area contributed by atoms with E-state index in [0.29, 0.717) is 17.3 Å². The molecule has 96 valence electrons. The summed E-state index contributed by atoms with van der Waals surface area (Å²) < 4.78 is 28.4. The molecular formula is C12H12ClF2N3. The van der Waals surface area contributed by atoms with E-state index in [4.69, 9.17) is 17.3 Å². The largest absolute Gasteiger partial charge is 0.319 e. The van der Waals surface area contributed by atoms with Crippen molar-refractivity contribution in [1.29, 1.82) is 0 Å². The number of aromatic nitrogens is 2. The number of rotatable bonds is 3. The van der Waals surface area contributed by atoms with E-state index < -0.39 is 17.7 Å². The normalized spacial score (nSPS) is 12.7. The Kier molecular flexibility index (Phi) is 3.63. The topological polar surface area (TPSA) is 43.8 Å². The highest BCUT2D eigenvalue weighted by Crippen LogP contribution is 2.28. The predicted molar refractivity (Wildman–Crippen MR) is 65.3 cm³/mol. The Morgan fingerprint density at radius 3 is 2.83 bits per heavy atom. The van der Waals surface area contributed by atoms with Gasteiger partial charge in [-0.15, -0.1) is 0 Å². The van der Waals surface area contributed by atoms with Gasteiger partial charge in [-0.3, -0.25) is 4.68 Å². The van der Waals surface area contributed by atoms with Crippen LogP contribution in [0.1, 0.15) is 24.2 Å². The SMILES string of the molecule is CCn1ncc(Cl)c1C(N)c1cccc(F)c1F. The van der Waals surface area contributed by atoms with Gasteiger partial charge in [-0.05, 0) is 13.0 Å². The van der Waals surface area contributed by atoms with Crippen LogP contribution in [0.5, 0.6) is 0 Å². The number of nitrogens with zero attached hydrogens (tertiary/aromatic N) is 2. The van der Waals surface area contributed by atoms with E-state index in [0.717, 1.165) is 6.07 Å². The second-order valence-corrected chi connectivity index (χ2v) is 4.22. The molecule has 0 saturated heterocycles. The van der Waals surface area contributed by atoms with Crippen LogP contribution in [0, 0.1) is 11.6 Å². The van der Waals surface area contributed by atoms with E-state index in [-0.39, 0.29) is 5.56 Å². The summed E-state index contributed by atoms with van der Waals surface area (Å²) in [5.41, 5.74) is 6.49. The van der Waals surface area contributed by atoms with Crippen molar-refractivity contribution < 1.29 is 8.78 Å². The van der Waals surface area contributed by atoms with Crippen LogP contribution in [0.2, 0.25) is 5.02 Å². The van der Waals surface area contributed by atoms with Crippen LogP contribution >= 0.6 is 11.6 Å². The Morgan fingerprint density at radius 1 is 1.44 bits per heavy atom. The summed E-state index contributed by atoms with van der Waals surface area (Å²) in [5.74, 6) is -1.88. The van der Waals surface area contributed by atoms with Crippen molar-refractivity contribution in [3.05, 3.63) is 52.3 Å². The number of benzene rings is 1. The molecule has 0 amide bonds. The number of hydrogen-bond acceptors (Lipinski definition) is 2. The van der Waals surface area contributed by atoms with Crippen molar-refractivity contribution in [1.82, 2.24) is 9.78 Å². The summed E-state index contributed by atoms with van der Waals surface area (Å²) in [7, 11) is 0. The third-order valence-corrected chi connectivity index (χ3v) is 3.04. The lowest BCUT2D eigenvalue weighted by atomic mass is 10.0. The van der Waals surface area contributed by atoms with Crippen LogP contribution < -0.4 is 5.73 Å². The predicted octanol–water partition coefficient (Wildman–Crippen LogP) is 2.88. The first-order valence-electron chi connectivity index (χ1n) is 5.47. The molecule has 0 aliphatic carbocycles. The number of halogens is 3. The van der Waals surface area contributed by atoms with E-state index in [2.05, 4.69) is 5.10 Å². The summed E-state index contributed by atoms with van der Waals surface area (Å²) >= 11 is 5.98. The third kappa shape index (κ3) is 2.11. The van der Waals surface area contributed by atoms with Gasteiger partial charge in [-0.25, -0.2) is 8.78 Å². The zero-order valence-corrected chi connectivity index (χ0v) is 10.5. The lowest BCUT2D eigenvalue weighted by molar-refractivity contribution is 0.490. The minimum Gasteiger partial charge on any atom is -0.319 e. The Hall–Kier alpha value is -1.46. The van der Waals surface area contributed by atoms with Crippen molar-refractivity contribution >= 4 is 11.6 Å². The van der Waals surface area contributed by atoms with Gasteiger partial charge in [0, 0.05) is 12.1 Å². The molecular weight excluding hydrogens is 260 g/mol. The Balaban J connectivity index is 2.51. The fourth-order valence-electron chi connectivity index (χ4n) is 1.84. The zero-order chi connectivity index (χ0) is 13.3. The standard InChI is InChI=1S/C12H12ClF2N3/c1-2-18-12(8(13)6-17-18)11(16)7-4-3-5-9(14)10(7)15/h3-6,11H,2,16H2,1H3. The third-order valence-electron chi connectivity index (χ3n) is 2.74. The highest BCUT2D eigenvalue weighted by atomic mass is 35.5. The number of aryl methyl sites for hydroxylation is 1. The fourth-order valence-corrected chi connectivity index (χ4v) is 2.10. The maximum absolute atomic E-state index is 13.7. The molecule has 18 heavy (non-hydrogen) atoms. The van der Waals surface area contributed by atoms with Gasteiger partial charge in [0.25, 0.3) is 0 Å². The molecule has 1 heterocycles. The first-order chi connectivity index (χ1) is 8.56. The molecule has 0 saturated carbocycles. The monoisotopic (exact) mass is 271 g/mol. The van der Waals surface area contributed by atoms with Gasteiger partial charge in [-0.1, -0.05) is 23.7 Å². The van der Waals surface area contributed by atoms with Gasteiger partial charge in [0.15, 0.2) is 11.6 Å². The van der Waals surface area contributed by atoms with E-state index in [1.165, 1.54) is 18.3 Å². The van der Waals surface area contributed by atoms with Crippen molar-refractivity contribution in [2.75, 3.05) is 0 Å². The van der Waals surface area contributed by atoms with Crippen molar-refractivity contribution in [2.45, 2.75) is 19.5 Å². The van der Waals surface area contributed by atoms with Crippen molar-refractivity contribution in [2.24, 2.45) is 5.73 Å². The lowest BCUT2D eigenvalue weighted by Gasteiger charge is -2.15. The summed E-state index contributed by atoms with van der Waals surface area (Å²) in [5, 5.41) is 4.36. The van der Waals surface area contributed by atoms with Crippen LogP contribution in [0.15, 0.2) is 24.4 Å². The second kappa shape index (κ2) is 5.04. The Morgan fingerprint density at radius 2 is 2.17 bits per heavy atom. The maximum Gasteiger partial charge on any atom is 0.163 e.